The summed E-state index contributed by atoms with van der Waals surface area (Å²) in [5, 5.41) is 0. The van der Waals surface area contributed by atoms with Gasteiger partial charge < -0.3 is 0 Å². The van der Waals surface area contributed by atoms with E-state index in [0.717, 1.165) is 12.8 Å². The van der Waals surface area contributed by atoms with Crippen molar-refractivity contribution < 1.29 is 50.3 Å². The molecule has 0 fully saturated rings. The van der Waals surface area contributed by atoms with E-state index in [4.69, 9.17) is 4.89 Å². The van der Waals surface area contributed by atoms with Gasteiger partial charge in [0.1, 0.15) is 0 Å². The first-order chi connectivity index (χ1) is 7.27. The molecule has 0 radical (unpaired) electrons. The molecule has 0 heterocycles. The summed E-state index contributed by atoms with van der Waals surface area (Å²) in [6.45, 7) is 2.24. The minimum absolute atomic E-state index is 0. The van der Waals surface area contributed by atoms with Gasteiger partial charge in [0.05, 0.1) is 0 Å². The van der Waals surface area contributed by atoms with Crippen LogP contribution in [0.3, 0.4) is 0 Å². The van der Waals surface area contributed by atoms with Crippen LogP contribution in [-0.2, 0) is 4.57 Å². The molecule has 4 heteroatoms. The van der Waals surface area contributed by atoms with E-state index >= 15 is 0 Å². The number of unbranched alkanes of at least 4 members (excludes halogenated alkanes) is 9. The maximum atomic E-state index is 10.4. The minimum atomic E-state index is -1.89. The van der Waals surface area contributed by atoms with E-state index in [9.17, 15) is 4.57 Å². The smallest absolute Gasteiger partial charge is 0.161 e. The molecule has 1 N–H and O–H groups in total. The molecule has 0 aromatic carbocycles. The topological polar surface area (TPSA) is 37.3 Å². The first-order valence-electron chi connectivity index (χ1n) is 6.41. The van der Waals surface area contributed by atoms with Crippen LogP contribution in [0.25, 0.3) is 0 Å². The van der Waals surface area contributed by atoms with Crippen LogP contribution in [0.5, 0.6) is 0 Å². The van der Waals surface area contributed by atoms with Crippen molar-refractivity contribution in [3.8, 4) is 0 Å². The van der Waals surface area contributed by atoms with Crippen molar-refractivity contribution >= 4 is 8.03 Å². The zero-order valence-electron chi connectivity index (χ0n) is 10.6. The van der Waals surface area contributed by atoms with E-state index in [0.29, 0.717) is 6.16 Å². The molecule has 0 aliphatic carbocycles. The summed E-state index contributed by atoms with van der Waals surface area (Å²) in [4.78, 5) is 8.58. The Balaban J connectivity index is 0. The molecule has 0 rings (SSSR count). The first-order valence-corrected chi connectivity index (χ1v) is 7.80. The zero-order valence-corrected chi connectivity index (χ0v) is 14.7. The Morgan fingerprint density at radius 3 is 1.56 bits per heavy atom. The zero-order chi connectivity index (χ0) is 11.4. The van der Waals surface area contributed by atoms with Gasteiger partial charge >= 0.3 is 8.03 Å². The molecule has 0 aliphatic heterocycles. The van der Waals surface area contributed by atoms with Crippen molar-refractivity contribution in [2.24, 2.45) is 0 Å². The Labute approximate surface area is 134 Å². The van der Waals surface area contributed by atoms with E-state index in [2.05, 4.69) is 6.92 Å². The van der Waals surface area contributed by atoms with Gasteiger partial charge in [0.15, 0.2) is 6.16 Å². The molecule has 0 aromatic heterocycles. The van der Waals surface area contributed by atoms with Gasteiger partial charge in [-0.3, -0.25) is 0 Å². The molecule has 0 saturated heterocycles. The Kier molecular flexibility index (Phi) is 20.3. The Morgan fingerprint density at radius 1 is 0.812 bits per heavy atom. The predicted molar refractivity (Wildman–Crippen MR) is 66.5 cm³/mol. The van der Waals surface area contributed by atoms with Crippen LogP contribution in [-0.4, -0.2) is 11.1 Å². The van der Waals surface area contributed by atoms with E-state index in [1.165, 1.54) is 51.4 Å². The summed E-state index contributed by atoms with van der Waals surface area (Å²) in [5.74, 6) is 0. The molecule has 0 aliphatic rings. The third-order valence-electron chi connectivity index (χ3n) is 2.70. The number of rotatable bonds is 11. The molecule has 1 atom stereocenters. The van der Waals surface area contributed by atoms with E-state index in [1.807, 2.05) is 0 Å². The maximum Gasteiger partial charge on any atom is 0.505 e. The summed E-state index contributed by atoms with van der Waals surface area (Å²) in [6.07, 6.45) is 13.2. The first kappa shape index (κ1) is 19.7. The quantitative estimate of drug-likeness (QED) is 0.421. The van der Waals surface area contributed by atoms with Crippen molar-refractivity contribution in [3.05, 3.63) is 0 Å². The molecule has 0 spiro atoms. The van der Waals surface area contributed by atoms with Crippen LogP contribution in [0.4, 0.5) is 0 Å². The second-order valence-corrected chi connectivity index (χ2v) is 5.41. The molecule has 16 heavy (non-hydrogen) atoms. The molecule has 1 unspecified atom stereocenters. The van der Waals surface area contributed by atoms with Gasteiger partial charge in [-0.1, -0.05) is 58.3 Å². The van der Waals surface area contributed by atoms with Gasteiger partial charge in [0.2, 0.25) is 0 Å². The van der Waals surface area contributed by atoms with Gasteiger partial charge in [0, 0.05) is 40.8 Å². The average Bonchev–Trinajstić information content (AvgIpc) is 2.20. The second-order valence-electron chi connectivity index (χ2n) is 4.26. The SMILES string of the molecule is CCCCCCCCCCCC[P+](=O)O.[Nd]. The second kappa shape index (κ2) is 16.4. The third-order valence-corrected chi connectivity index (χ3v) is 3.40. The fourth-order valence-corrected chi connectivity index (χ4v) is 2.23. The third kappa shape index (κ3) is 17.8. The molecular weight excluding hydrogens is 351 g/mol. The Hall–Kier alpha value is 1.41. The van der Waals surface area contributed by atoms with Crippen molar-refractivity contribution in [1.29, 1.82) is 0 Å². The van der Waals surface area contributed by atoms with E-state index in [-0.39, 0.29) is 40.8 Å². The van der Waals surface area contributed by atoms with Gasteiger partial charge in [0.25, 0.3) is 0 Å². The Bertz CT molecular complexity index is 154. The largest absolute Gasteiger partial charge is 0.505 e. The molecule has 0 saturated carbocycles. The van der Waals surface area contributed by atoms with Gasteiger partial charge in [-0.2, -0.15) is 4.89 Å². The van der Waals surface area contributed by atoms with Gasteiger partial charge in [-0.05, 0) is 17.4 Å². The van der Waals surface area contributed by atoms with Crippen molar-refractivity contribution in [2.45, 2.75) is 71.1 Å². The summed E-state index contributed by atoms with van der Waals surface area (Å²) >= 11 is 0. The fourth-order valence-electron chi connectivity index (χ4n) is 1.73. The van der Waals surface area contributed by atoms with Crippen LogP contribution in [0, 0.1) is 40.8 Å². The summed E-state index contributed by atoms with van der Waals surface area (Å²) in [5.41, 5.74) is 0. The summed E-state index contributed by atoms with van der Waals surface area (Å²) in [7, 11) is -1.89. The van der Waals surface area contributed by atoms with E-state index in [1.54, 1.807) is 0 Å². The van der Waals surface area contributed by atoms with Gasteiger partial charge in [-0.15, -0.1) is 0 Å². The normalized spacial score (nSPS) is 11.0. The predicted octanol–water partition coefficient (Wildman–Crippen LogP) is 4.64. The summed E-state index contributed by atoms with van der Waals surface area (Å²) < 4.78 is 10.4. The molecular formula is C12H26NdO2P+. The fraction of sp³-hybridized carbons (Fsp3) is 1.00. The Morgan fingerprint density at radius 2 is 1.19 bits per heavy atom. The average molecular weight is 378 g/mol. The van der Waals surface area contributed by atoms with E-state index < -0.39 is 8.03 Å². The van der Waals surface area contributed by atoms with Crippen LogP contribution in [0.1, 0.15) is 71.1 Å². The van der Waals surface area contributed by atoms with Crippen LogP contribution in [0.15, 0.2) is 0 Å². The molecule has 2 nitrogen and oxygen atoms in total. The standard InChI is InChI=1S/C12H25O2P.Nd/c1-2-3-4-5-6-7-8-9-10-11-12-15(13)14;/h2-12H2,1H3;/p+1. The molecule has 0 aromatic rings. The molecule has 94 valence electrons. The van der Waals surface area contributed by atoms with Gasteiger partial charge in [-0.25, -0.2) is 0 Å². The minimum Gasteiger partial charge on any atom is -0.161 e. The van der Waals surface area contributed by atoms with Crippen LogP contribution >= 0.6 is 8.03 Å². The van der Waals surface area contributed by atoms with Crippen molar-refractivity contribution in [3.63, 3.8) is 0 Å². The van der Waals surface area contributed by atoms with Crippen LogP contribution < -0.4 is 0 Å². The molecule has 0 bridgehead atoms. The number of hydrogen-bond acceptors (Lipinski definition) is 1. The van der Waals surface area contributed by atoms with Crippen molar-refractivity contribution in [2.75, 3.05) is 6.16 Å². The van der Waals surface area contributed by atoms with Crippen molar-refractivity contribution in [1.82, 2.24) is 0 Å². The monoisotopic (exact) mass is 375 g/mol. The molecule has 0 amide bonds. The maximum absolute atomic E-state index is 10.4. The number of hydrogen-bond donors (Lipinski definition) is 1. The van der Waals surface area contributed by atoms with Crippen LogP contribution in [0.2, 0.25) is 0 Å². The summed E-state index contributed by atoms with van der Waals surface area (Å²) in [6, 6.07) is 0.